The maximum Gasteiger partial charge on any atom is 0.113 e. The quantitative estimate of drug-likeness (QED) is 0.392. The van der Waals surface area contributed by atoms with E-state index in [1.54, 1.807) is 18.2 Å². The molecule has 0 aromatic heterocycles. The molecule has 1 heterocycles. The number of aliphatic hydroxyl groups is 4. The van der Waals surface area contributed by atoms with E-state index in [4.69, 9.17) is 16.9 Å². The van der Waals surface area contributed by atoms with Gasteiger partial charge in [0.15, 0.2) is 0 Å². The zero-order valence-corrected chi connectivity index (χ0v) is 14.7. The van der Waals surface area contributed by atoms with Gasteiger partial charge in [0, 0.05) is 11.3 Å². The topological polar surface area (TPSA) is 116 Å². The molecular weight excluding hydrogens is 346 g/mol. The molecule has 1 unspecified atom stereocenters. The summed E-state index contributed by atoms with van der Waals surface area (Å²) in [5.74, 6) is 2.57. The number of anilines is 1. The average molecular weight is 369 g/mol. The number of terminal acetylenes is 1. The molecule has 3 rings (SSSR count). The van der Waals surface area contributed by atoms with Crippen molar-refractivity contribution < 1.29 is 25.2 Å². The lowest BCUT2D eigenvalue weighted by Crippen LogP contribution is -2.55. The second-order valence-corrected chi connectivity index (χ2v) is 6.73. The minimum Gasteiger partial charge on any atom is -0.398 e. The molecule has 2 aromatic carbocycles. The third-order valence-corrected chi connectivity index (χ3v) is 4.90. The summed E-state index contributed by atoms with van der Waals surface area (Å²) >= 11 is 0. The second kappa shape index (κ2) is 8.09. The van der Waals surface area contributed by atoms with E-state index in [9.17, 15) is 20.4 Å². The van der Waals surface area contributed by atoms with Crippen LogP contribution >= 0.6 is 0 Å². The lowest BCUT2D eigenvalue weighted by atomic mass is 9.89. The van der Waals surface area contributed by atoms with Gasteiger partial charge in [-0.1, -0.05) is 30.2 Å². The molecule has 0 bridgehead atoms. The first-order valence-corrected chi connectivity index (χ1v) is 8.69. The van der Waals surface area contributed by atoms with Gasteiger partial charge in [-0.15, -0.1) is 6.42 Å². The molecule has 0 radical (unpaired) electrons. The van der Waals surface area contributed by atoms with E-state index >= 15 is 0 Å². The Balaban J connectivity index is 1.86. The van der Waals surface area contributed by atoms with E-state index in [0.717, 1.165) is 16.7 Å². The smallest absolute Gasteiger partial charge is 0.113 e. The van der Waals surface area contributed by atoms with Crippen LogP contribution in [0.5, 0.6) is 0 Å². The molecule has 6 heteroatoms. The summed E-state index contributed by atoms with van der Waals surface area (Å²) < 4.78 is 5.62. The first-order valence-electron chi connectivity index (χ1n) is 8.69. The van der Waals surface area contributed by atoms with Gasteiger partial charge >= 0.3 is 0 Å². The number of nitrogen functional groups attached to an aromatic ring is 1. The maximum atomic E-state index is 10.3. The largest absolute Gasteiger partial charge is 0.398 e. The molecule has 5 atom stereocenters. The highest BCUT2D eigenvalue weighted by Gasteiger charge is 2.43. The van der Waals surface area contributed by atoms with Gasteiger partial charge in [-0.2, -0.15) is 0 Å². The molecule has 1 aliphatic heterocycles. The normalized spacial score (nSPS) is 27.9. The molecule has 0 spiro atoms. The summed E-state index contributed by atoms with van der Waals surface area (Å²) in [4.78, 5) is 0. The van der Waals surface area contributed by atoms with E-state index in [2.05, 4.69) is 5.92 Å². The number of nitrogens with two attached hydrogens (primary N) is 1. The molecule has 2 aromatic rings. The van der Waals surface area contributed by atoms with Gasteiger partial charge < -0.3 is 30.9 Å². The number of rotatable bonds is 4. The molecule has 0 aliphatic carbocycles. The summed E-state index contributed by atoms with van der Waals surface area (Å²) in [5.41, 5.74) is 9.94. The fourth-order valence-electron chi connectivity index (χ4n) is 3.27. The zero-order valence-electron chi connectivity index (χ0n) is 14.7. The molecule has 27 heavy (non-hydrogen) atoms. The number of aliphatic hydroxyl groups excluding tert-OH is 4. The van der Waals surface area contributed by atoms with Crippen molar-refractivity contribution in [2.75, 3.05) is 12.3 Å². The first kappa shape index (κ1) is 19.4. The SMILES string of the molecule is C#Cc1ccc(Cc2cc([C@@H]3O[C@H](CO)[C@@H](O)C(O)[C@H]3O)ccc2N)cc1. The van der Waals surface area contributed by atoms with E-state index < -0.39 is 37.1 Å². The van der Waals surface area contributed by atoms with Crippen molar-refractivity contribution in [3.8, 4) is 12.3 Å². The molecule has 6 N–H and O–H groups in total. The molecule has 1 saturated heterocycles. The van der Waals surface area contributed by atoms with Crippen LogP contribution in [0.4, 0.5) is 5.69 Å². The summed E-state index contributed by atoms with van der Waals surface area (Å²) in [6, 6.07) is 12.8. The van der Waals surface area contributed by atoms with Crippen LogP contribution in [0.25, 0.3) is 0 Å². The van der Waals surface area contributed by atoms with Gasteiger partial charge in [0.25, 0.3) is 0 Å². The number of hydrogen-bond donors (Lipinski definition) is 5. The number of ether oxygens (including phenoxy) is 1. The Hall–Kier alpha value is -2.40. The summed E-state index contributed by atoms with van der Waals surface area (Å²) in [6.45, 7) is -0.467. The van der Waals surface area contributed by atoms with Crippen LogP contribution in [0.1, 0.15) is 28.4 Å². The minimum absolute atomic E-state index is 0.467. The highest BCUT2D eigenvalue weighted by molar-refractivity contribution is 5.51. The van der Waals surface area contributed by atoms with Crippen LogP contribution in [0, 0.1) is 12.3 Å². The highest BCUT2D eigenvalue weighted by Crippen LogP contribution is 2.34. The molecule has 6 nitrogen and oxygen atoms in total. The Morgan fingerprint density at radius 2 is 1.70 bits per heavy atom. The van der Waals surface area contributed by atoms with Crippen LogP contribution in [0.2, 0.25) is 0 Å². The van der Waals surface area contributed by atoms with Crippen molar-refractivity contribution in [2.45, 2.75) is 36.9 Å². The van der Waals surface area contributed by atoms with Gasteiger partial charge in [0.1, 0.15) is 30.5 Å². The monoisotopic (exact) mass is 369 g/mol. The molecular formula is C21H23NO5. The molecule has 0 saturated carbocycles. The minimum atomic E-state index is -1.42. The summed E-state index contributed by atoms with van der Waals surface area (Å²) in [5, 5.41) is 39.6. The molecule has 1 fully saturated rings. The Morgan fingerprint density at radius 3 is 2.33 bits per heavy atom. The average Bonchev–Trinajstić information content (AvgIpc) is 2.69. The Morgan fingerprint density at radius 1 is 1.00 bits per heavy atom. The van der Waals surface area contributed by atoms with E-state index in [-0.39, 0.29) is 0 Å². The summed E-state index contributed by atoms with van der Waals surface area (Å²) in [6.07, 6.45) is -0.0371. The van der Waals surface area contributed by atoms with Gasteiger partial charge in [-0.3, -0.25) is 0 Å². The highest BCUT2D eigenvalue weighted by atomic mass is 16.5. The number of benzene rings is 2. The van der Waals surface area contributed by atoms with Crippen LogP contribution in [-0.2, 0) is 11.2 Å². The molecule has 1 aliphatic rings. The van der Waals surface area contributed by atoms with Crippen molar-refractivity contribution in [1.29, 1.82) is 0 Å². The Labute approximate surface area is 157 Å². The lowest BCUT2D eigenvalue weighted by Gasteiger charge is -2.40. The van der Waals surface area contributed by atoms with E-state index in [1.165, 1.54) is 0 Å². The maximum absolute atomic E-state index is 10.3. The standard InChI is InChI=1S/C21H23NO5/c1-2-12-3-5-13(6-4-12)9-15-10-14(7-8-16(15)22)21-20(26)19(25)18(24)17(11-23)27-21/h1,3-8,10,17-21,23-26H,9,11,22H2/t17-,18-,19?,20-,21+/m1/s1. The first-order chi connectivity index (χ1) is 12.9. The Bertz CT molecular complexity index is 827. The lowest BCUT2D eigenvalue weighted by molar-refractivity contribution is -0.231. The van der Waals surface area contributed by atoms with Crippen LogP contribution in [0.15, 0.2) is 42.5 Å². The van der Waals surface area contributed by atoms with E-state index in [1.807, 2.05) is 24.3 Å². The predicted octanol–water partition coefficient (Wildman–Crippen LogP) is 0.356. The van der Waals surface area contributed by atoms with Gasteiger partial charge in [-0.05, 0) is 41.3 Å². The van der Waals surface area contributed by atoms with Crippen molar-refractivity contribution in [1.82, 2.24) is 0 Å². The van der Waals surface area contributed by atoms with Gasteiger partial charge in [-0.25, -0.2) is 0 Å². The predicted molar refractivity (Wildman–Crippen MR) is 101 cm³/mol. The van der Waals surface area contributed by atoms with Crippen LogP contribution in [0.3, 0.4) is 0 Å². The van der Waals surface area contributed by atoms with Gasteiger partial charge in [0.2, 0.25) is 0 Å². The van der Waals surface area contributed by atoms with Crippen molar-refractivity contribution >= 4 is 5.69 Å². The molecule has 0 amide bonds. The number of hydrogen-bond acceptors (Lipinski definition) is 6. The zero-order chi connectivity index (χ0) is 19.6. The summed E-state index contributed by atoms with van der Waals surface area (Å²) in [7, 11) is 0. The fraction of sp³-hybridized carbons (Fsp3) is 0.333. The van der Waals surface area contributed by atoms with E-state index in [0.29, 0.717) is 17.7 Å². The van der Waals surface area contributed by atoms with Crippen LogP contribution < -0.4 is 5.73 Å². The third-order valence-electron chi connectivity index (χ3n) is 4.90. The van der Waals surface area contributed by atoms with Gasteiger partial charge in [0.05, 0.1) is 6.61 Å². The molecule has 142 valence electrons. The second-order valence-electron chi connectivity index (χ2n) is 6.73. The van der Waals surface area contributed by atoms with Crippen molar-refractivity contribution in [3.63, 3.8) is 0 Å². The van der Waals surface area contributed by atoms with Crippen molar-refractivity contribution in [3.05, 3.63) is 64.7 Å². The fourth-order valence-corrected chi connectivity index (χ4v) is 3.27. The third kappa shape index (κ3) is 3.98. The van der Waals surface area contributed by atoms with Crippen LogP contribution in [-0.4, -0.2) is 51.4 Å². The Kier molecular flexibility index (Phi) is 5.80. The van der Waals surface area contributed by atoms with Crippen molar-refractivity contribution in [2.24, 2.45) is 0 Å².